The maximum Gasteiger partial charge on any atom is 0.254 e. The van der Waals surface area contributed by atoms with Crippen LogP contribution in [0.2, 0.25) is 0 Å². The van der Waals surface area contributed by atoms with Crippen LogP contribution in [0, 0.1) is 0 Å². The number of rotatable bonds is 4. The summed E-state index contributed by atoms with van der Waals surface area (Å²) >= 11 is 0. The SMILES string of the molecule is CNCc1cccc(C(=O)N2CC(OC)C2)c1. The van der Waals surface area contributed by atoms with Crippen molar-refractivity contribution < 1.29 is 9.53 Å². The van der Waals surface area contributed by atoms with Gasteiger partial charge in [-0.2, -0.15) is 0 Å². The van der Waals surface area contributed by atoms with E-state index in [0.29, 0.717) is 13.1 Å². The summed E-state index contributed by atoms with van der Waals surface area (Å²) in [5, 5.41) is 3.08. The Morgan fingerprint density at radius 3 is 2.94 bits per heavy atom. The van der Waals surface area contributed by atoms with Crippen LogP contribution in [-0.4, -0.2) is 44.2 Å². The fourth-order valence-corrected chi connectivity index (χ4v) is 1.95. The zero-order chi connectivity index (χ0) is 12.3. The van der Waals surface area contributed by atoms with Gasteiger partial charge in [-0.1, -0.05) is 12.1 Å². The number of hydrogen-bond acceptors (Lipinski definition) is 3. The number of amides is 1. The molecule has 0 unspecified atom stereocenters. The standard InChI is InChI=1S/C13H18N2O2/c1-14-7-10-4-3-5-11(6-10)13(16)15-8-12(9-15)17-2/h3-6,12,14H,7-9H2,1-2H3. The van der Waals surface area contributed by atoms with Crippen LogP contribution in [0.15, 0.2) is 24.3 Å². The molecule has 1 aliphatic rings. The molecule has 1 amide bonds. The van der Waals surface area contributed by atoms with E-state index < -0.39 is 0 Å². The second-order valence-electron chi connectivity index (χ2n) is 4.30. The molecule has 0 spiro atoms. The van der Waals surface area contributed by atoms with Gasteiger partial charge in [-0.15, -0.1) is 0 Å². The molecule has 1 aromatic carbocycles. The third kappa shape index (κ3) is 2.65. The minimum absolute atomic E-state index is 0.0938. The lowest BCUT2D eigenvalue weighted by molar-refractivity contribution is -0.0192. The van der Waals surface area contributed by atoms with E-state index in [1.807, 2.05) is 36.2 Å². The number of ether oxygens (including phenoxy) is 1. The topological polar surface area (TPSA) is 41.6 Å². The summed E-state index contributed by atoms with van der Waals surface area (Å²) in [7, 11) is 3.58. The summed E-state index contributed by atoms with van der Waals surface area (Å²) in [4.78, 5) is 13.9. The molecule has 4 heteroatoms. The summed E-state index contributed by atoms with van der Waals surface area (Å²) in [5.74, 6) is 0.0938. The summed E-state index contributed by atoms with van der Waals surface area (Å²) < 4.78 is 5.16. The second-order valence-corrected chi connectivity index (χ2v) is 4.30. The number of nitrogens with zero attached hydrogens (tertiary/aromatic N) is 1. The molecule has 1 N–H and O–H groups in total. The molecule has 2 rings (SSSR count). The van der Waals surface area contributed by atoms with Gasteiger partial charge in [0.1, 0.15) is 0 Å². The first-order valence-electron chi connectivity index (χ1n) is 5.80. The molecule has 0 saturated carbocycles. The Bertz CT molecular complexity index is 400. The van der Waals surface area contributed by atoms with Gasteiger partial charge >= 0.3 is 0 Å². The number of likely N-dealkylation sites (tertiary alicyclic amines) is 1. The van der Waals surface area contributed by atoms with Crippen LogP contribution < -0.4 is 5.32 Å². The van der Waals surface area contributed by atoms with E-state index in [1.165, 1.54) is 0 Å². The Kier molecular flexibility index (Phi) is 3.76. The van der Waals surface area contributed by atoms with E-state index in [-0.39, 0.29) is 12.0 Å². The van der Waals surface area contributed by atoms with Gasteiger partial charge in [0.05, 0.1) is 6.10 Å². The predicted octanol–water partition coefficient (Wildman–Crippen LogP) is 0.877. The van der Waals surface area contributed by atoms with E-state index in [1.54, 1.807) is 7.11 Å². The highest BCUT2D eigenvalue weighted by Crippen LogP contribution is 2.16. The quantitative estimate of drug-likeness (QED) is 0.840. The highest BCUT2D eigenvalue weighted by molar-refractivity contribution is 5.95. The first kappa shape index (κ1) is 12.1. The molecule has 1 fully saturated rings. The Morgan fingerprint density at radius 2 is 2.29 bits per heavy atom. The first-order valence-corrected chi connectivity index (χ1v) is 5.80. The Morgan fingerprint density at radius 1 is 1.53 bits per heavy atom. The fourth-order valence-electron chi connectivity index (χ4n) is 1.95. The highest BCUT2D eigenvalue weighted by atomic mass is 16.5. The predicted molar refractivity (Wildman–Crippen MR) is 65.9 cm³/mol. The molecule has 1 aliphatic heterocycles. The maximum atomic E-state index is 12.1. The Hall–Kier alpha value is -1.39. The van der Waals surface area contributed by atoms with Crippen molar-refractivity contribution in [1.29, 1.82) is 0 Å². The third-order valence-electron chi connectivity index (χ3n) is 3.02. The molecule has 1 aromatic rings. The number of hydrogen-bond donors (Lipinski definition) is 1. The van der Waals surface area contributed by atoms with Crippen LogP contribution in [0.5, 0.6) is 0 Å². The van der Waals surface area contributed by atoms with Gasteiger partial charge < -0.3 is 15.0 Å². The van der Waals surface area contributed by atoms with E-state index in [9.17, 15) is 4.79 Å². The molecule has 1 heterocycles. The number of benzene rings is 1. The van der Waals surface area contributed by atoms with E-state index >= 15 is 0 Å². The minimum Gasteiger partial charge on any atom is -0.378 e. The van der Waals surface area contributed by atoms with Gasteiger partial charge in [-0.3, -0.25) is 4.79 Å². The first-order chi connectivity index (χ1) is 8.24. The lowest BCUT2D eigenvalue weighted by atomic mass is 10.1. The molecule has 0 bridgehead atoms. The lowest BCUT2D eigenvalue weighted by Gasteiger charge is -2.38. The van der Waals surface area contributed by atoms with E-state index in [4.69, 9.17) is 4.74 Å². The average Bonchev–Trinajstić information content (AvgIpc) is 2.28. The van der Waals surface area contributed by atoms with Crippen LogP contribution in [-0.2, 0) is 11.3 Å². The Balaban J connectivity index is 2.02. The minimum atomic E-state index is 0.0938. The van der Waals surface area contributed by atoms with Crippen LogP contribution in [0.4, 0.5) is 0 Å². The fraction of sp³-hybridized carbons (Fsp3) is 0.462. The van der Waals surface area contributed by atoms with Crippen molar-refractivity contribution in [3.8, 4) is 0 Å². The van der Waals surface area contributed by atoms with Gasteiger partial charge in [0.2, 0.25) is 0 Å². The smallest absolute Gasteiger partial charge is 0.254 e. The van der Waals surface area contributed by atoms with Gasteiger partial charge in [-0.25, -0.2) is 0 Å². The monoisotopic (exact) mass is 234 g/mol. The van der Waals surface area contributed by atoms with Crippen molar-refractivity contribution in [3.63, 3.8) is 0 Å². The van der Waals surface area contributed by atoms with E-state index in [2.05, 4.69) is 5.32 Å². The van der Waals surface area contributed by atoms with Crippen molar-refractivity contribution in [1.82, 2.24) is 10.2 Å². The van der Waals surface area contributed by atoms with Gasteiger partial charge in [-0.05, 0) is 24.7 Å². The average molecular weight is 234 g/mol. The largest absolute Gasteiger partial charge is 0.378 e. The van der Waals surface area contributed by atoms with Crippen molar-refractivity contribution in [3.05, 3.63) is 35.4 Å². The van der Waals surface area contributed by atoms with Gasteiger partial charge in [0.15, 0.2) is 0 Å². The number of carbonyl (C=O) groups excluding carboxylic acids is 1. The van der Waals surface area contributed by atoms with Crippen LogP contribution in [0.3, 0.4) is 0 Å². The van der Waals surface area contributed by atoms with Crippen LogP contribution in [0.25, 0.3) is 0 Å². The van der Waals surface area contributed by atoms with Crippen molar-refractivity contribution >= 4 is 5.91 Å². The molecule has 0 aromatic heterocycles. The maximum absolute atomic E-state index is 12.1. The molecule has 0 radical (unpaired) electrons. The van der Waals surface area contributed by atoms with Gasteiger partial charge in [0, 0.05) is 32.3 Å². The third-order valence-corrected chi connectivity index (χ3v) is 3.02. The summed E-state index contributed by atoms with van der Waals surface area (Å²) in [6.45, 7) is 2.18. The van der Waals surface area contributed by atoms with Gasteiger partial charge in [0.25, 0.3) is 5.91 Å². The normalized spacial score (nSPS) is 15.8. The highest BCUT2D eigenvalue weighted by Gasteiger charge is 2.30. The Labute approximate surface area is 102 Å². The van der Waals surface area contributed by atoms with Crippen LogP contribution >= 0.6 is 0 Å². The zero-order valence-corrected chi connectivity index (χ0v) is 10.3. The molecule has 4 nitrogen and oxygen atoms in total. The van der Waals surface area contributed by atoms with Crippen molar-refractivity contribution in [2.24, 2.45) is 0 Å². The molecule has 0 atom stereocenters. The van der Waals surface area contributed by atoms with Crippen molar-refractivity contribution in [2.75, 3.05) is 27.2 Å². The van der Waals surface area contributed by atoms with E-state index in [0.717, 1.165) is 17.7 Å². The molecular formula is C13H18N2O2. The number of nitrogens with one attached hydrogen (secondary N) is 1. The van der Waals surface area contributed by atoms with Crippen molar-refractivity contribution in [2.45, 2.75) is 12.6 Å². The molecule has 1 saturated heterocycles. The second kappa shape index (κ2) is 5.29. The molecule has 92 valence electrons. The summed E-state index contributed by atoms with van der Waals surface area (Å²) in [6.07, 6.45) is 0.208. The molecule has 17 heavy (non-hydrogen) atoms. The molecule has 0 aliphatic carbocycles. The summed E-state index contributed by atoms with van der Waals surface area (Å²) in [6, 6.07) is 7.75. The number of carbonyl (C=O) groups is 1. The zero-order valence-electron chi connectivity index (χ0n) is 10.3. The molecular weight excluding hydrogens is 216 g/mol. The van der Waals surface area contributed by atoms with Crippen LogP contribution in [0.1, 0.15) is 15.9 Å². The summed E-state index contributed by atoms with van der Waals surface area (Å²) in [5.41, 5.74) is 1.88. The number of methoxy groups -OCH3 is 1. The lowest BCUT2D eigenvalue weighted by Crippen LogP contribution is -2.54.